The van der Waals surface area contributed by atoms with Crippen molar-refractivity contribution >= 4 is 12.7 Å². The van der Waals surface area contributed by atoms with Gasteiger partial charge in [-0.1, -0.05) is 0 Å². The Kier molecular flexibility index (Phi) is 3.65. The highest BCUT2D eigenvalue weighted by molar-refractivity contribution is 6.57. The molecule has 1 fully saturated rings. The molecule has 0 aromatic carbocycles. The Labute approximate surface area is 101 Å². The highest BCUT2D eigenvalue weighted by Crippen LogP contribution is 2.29. The number of alkyl halides is 3. The molecule has 18 heavy (non-hydrogen) atoms. The maximum absolute atomic E-state index is 12.5. The van der Waals surface area contributed by atoms with Crippen LogP contribution >= 0.6 is 0 Å². The van der Waals surface area contributed by atoms with Crippen LogP contribution in [0.3, 0.4) is 0 Å². The first-order valence-electron chi connectivity index (χ1n) is 5.54. The number of hydrogen-bond donors (Lipinski definition) is 2. The molecule has 2 heterocycles. The summed E-state index contributed by atoms with van der Waals surface area (Å²) in [5.74, 6) is 0. The molecule has 1 atom stereocenters. The topological polar surface area (TPSA) is 67.5 Å². The van der Waals surface area contributed by atoms with Gasteiger partial charge < -0.3 is 14.8 Å². The van der Waals surface area contributed by atoms with Gasteiger partial charge in [-0.2, -0.15) is 18.3 Å². The molecular weight excluding hydrogens is 252 g/mol. The predicted octanol–water partition coefficient (Wildman–Crippen LogP) is 0.281. The van der Waals surface area contributed by atoms with E-state index < -0.39 is 25.2 Å². The van der Waals surface area contributed by atoms with Gasteiger partial charge in [0.15, 0.2) is 5.69 Å². The van der Waals surface area contributed by atoms with Gasteiger partial charge in [0.25, 0.3) is 0 Å². The molecule has 0 bridgehead atoms. The van der Waals surface area contributed by atoms with E-state index in [9.17, 15) is 13.2 Å². The average molecular weight is 264 g/mol. The minimum absolute atomic E-state index is 0.311. The lowest BCUT2D eigenvalue weighted by Gasteiger charge is -2.24. The van der Waals surface area contributed by atoms with Crippen molar-refractivity contribution in [1.82, 2.24) is 9.78 Å². The van der Waals surface area contributed by atoms with Gasteiger partial charge in [0.05, 0.1) is 5.59 Å². The molecule has 0 radical (unpaired) electrons. The van der Waals surface area contributed by atoms with Crippen LogP contribution in [-0.2, 0) is 10.9 Å². The van der Waals surface area contributed by atoms with Crippen LogP contribution in [0.4, 0.5) is 13.2 Å². The van der Waals surface area contributed by atoms with Crippen molar-refractivity contribution in [3.63, 3.8) is 0 Å². The molecule has 100 valence electrons. The molecule has 1 saturated heterocycles. The van der Waals surface area contributed by atoms with Crippen molar-refractivity contribution < 1.29 is 28.0 Å². The molecule has 0 aliphatic carbocycles. The SMILES string of the molecule is OB(O)c1cc(C(F)(F)F)nn1[C@H]1CCCCO1. The number of halogens is 3. The second kappa shape index (κ2) is 4.91. The number of aromatic nitrogens is 2. The van der Waals surface area contributed by atoms with Crippen molar-refractivity contribution in [2.75, 3.05) is 6.61 Å². The van der Waals surface area contributed by atoms with E-state index in [2.05, 4.69) is 5.10 Å². The molecule has 2 rings (SSSR count). The Balaban J connectivity index is 2.34. The smallest absolute Gasteiger partial charge is 0.422 e. The molecule has 0 unspecified atom stereocenters. The third-order valence-corrected chi connectivity index (χ3v) is 2.75. The molecule has 9 heteroatoms. The van der Waals surface area contributed by atoms with E-state index in [1.807, 2.05) is 0 Å². The van der Waals surface area contributed by atoms with Gasteiger partial charge in [-0.25, -0.2) is 4.68 Å². The lowest BCUT2D eigenvalue weighted by Crippen LogP contribution is -2.39. The monoisotopic (exact) mass is 264 g/mol. The van der Waals surface area contributed by atoms with Crippen molar-refractivity contribution in [3.8, 4) is 0 Å². The molecule has 0 spiro atoms. The lowest BCUT2D eigenvalue weighted by atomic mass is 9.85. The first-order valence-corrected chi connectivity index (χ1v) is 5.54. The lowest BCUT2D eigenvalue weighted by molar-refractivity contribution is -0.142. The van der Waals surface area contributed by atoms with Gasteiger partial charge >= 0.3 is 13.3 Å². The molecule has 1 aliphatic heterocycles. The number of ether oxygens (including phenoxy) is 1. The Morgan fingerprint density at radius 2 is 2.11 bits per heavy atom. The zero-order chi connectivity index (χ0) is 13.3. The number of rotatable bonds is 2. The predicted molar refractivity (Wildman–Crippen MR) is 55.9 cm³/mol. The maximum atomic E-state index is 12.5. The zero-order valence-corrected chi connectivity index (χ0v) is 9.39. The van der Waals surface area contributed by atoms with E-state index in [1.165, 1.54) is 0 Å². The highest BCUT2D eigenvalue weighted by atomic mass is 19.4. The largest absolute Gasteiger partial charge is 0.507 e. The van der Waals surface area contributed by atoms with Crippen LogP contribution in [-0.4, -0.2) is 33.6 Å². The van der Waals surface area contributed by atoms with E-state index in [0.29, 0.717) is 19.1 Å². The molecule has 1 aliphatic rings. The first-order chi connectivity index (χ1) is 8.39. The Morgan fingerprint density at radius 3 is 2.61 bits per heavy atom. The molecule has 1 aromatic rings. The Bertz CT molecular complexity index is 416. The summed E-state index contributed by atoms with van der Waals surface area (Å²) in [7, 11) is -2.01. The summed E-state index contributed by atoms with van der Waals surface area (Å²) in [4.78, 5) is 0. The van der Waals surface area contributed by atoms with E-state index in [0.717, 1.165) is 17.5 Å². The second-order valence-electron chi connectivity index (χ2n) is 4.09. The Morgan fingerprint density at radius 1 is 1.39 bits per heavy atom. The number of nitrogens with zero attached hydrogens (tertiary/aromatic N) is 2. The summed E-state index contributed by atoms with van der Waals surface area (Å²) in [6, 6.07) is 0.628. The quantitative estimate of drug-likeness (QED) is 0.753. The van der Waals surface area contributed by atoms with Crippen LogP contribution in [0.5, 0.6) is 0 Å². The summed E-state index contributed by atoms with van der Waals surface area (Å²) < 4.78 is 43.8. The summed E-state index contributed by atoms with van der Waals surface area (Å²) >= 11 is 0. The van der Waals surface area contributed by atoms with Crippen LogP contribution < -0.4 is 5.59 Å². The van der Waals surface area contributed by atoms with Crippen LogP contribution in [0.2, 0.25) is 0 Å². The van der Waals surface area contributed by atoms with E-state index >= 15 is 0 Å². The van der Waals surface area contributed by atoms with Gasteiger partial charge in [-0.3, -0.25) is 0 Å². The molecular formula is C9H12BF3N2O3. The minimum Gasteiger partial charge on any atom is -0.422 e. The summed E-state index contributed by atoms with van der Waals surface area (Å²) in [5, 5.41) is 21.5. The first kappa shape index (κ1) is 13.4. The normalized spacial score (nSPS) is 21.1. The fourth-order valence-electron chi connectivity index (χ4n) is 1.89. The standard InChI is InChI=1S/C9H12BF3N2O3/c11-9(12,13)6-5-7(10(16)17)15(14-6)8-3-1-2-4-18-8/h5,8,16-17H,1-4H2/t8-/m1/s1. The van der Waals surface area contributed by atoms with Gasteiger partial charge in [-0.15, -0.1) is 0 Å². The second-order valence-corrected chi connectivity index (χ2v) is 4.09. The minimum atomic E-state index is -4.62. The summed E-state index contributed by atoms with van der Waals surface area (Å²) in [6.07, 6.45) is -3.16. The van der Waals surface area contributed by atoms with Crippen molar-refractivity contribution in [1.29, 1.82) is 0 Å². The van der Waals surface area contributed by atoms with E-state index in [4.69, 9.17) is 14.8 Å². The van der Waals surface area contributed by atoms with Gasteiger partial charge in [0, 0.05) is 6.61 Å². The highest BCUT2D eigenvalue weighted by Gasteiger charge is 2.37. The molecule has 1 aromatic heterocycles. The van der Waals surface area contributed by atoms with Gasteiger partial charge in [0.1, 0.15) is 6.23 Å². The summed E-state index contributed by atoms with van der Waals surface area (Å²) in [5.41, 5.74) is -1.46. The van der Waals surface area contributed by atoms with Crippen LogP contribution in [0.15, 0.2) is 6.07 Å². The maximum Gasteiger partial charge on any atom is 0.507 e. The molecule has 5 nitrogen and oxygen atoms in total. The zero-order valence-electron chi connectivity index (χ0n) is 9.39. The van der Waals surface area contributed by atoms with E-state index in [-0.39, 0.29) is 5.59 Å². The van der Waals surface area contributed by atoms with Crippen LogP contribution in [0, 0.1) is 0 Å². The van der Waals surface area contributed by atoms with Crippen LogP contribution in [0.1, 0.15) is 31.2 Å². The third-order valence-electron chi connectivity index (χ3n) is 2.75. The van der Waals surface area contributed by atoms with Crippen molar-refractivity contribution in [2.45, 2.75) is 31.7 Å². The Hall–Kier alpha value is -1.06. The van der Waals surface area contributed by atoms with Crippen molar-refractivity contribution in [2.24, 2.45) is 0 Å². The third kappa shape index (κ3) is 2.68. The van der Waals surface area contributed by atoms with Crippen molar-refractivity contribution in [3.05, 3.63) is 11.8 Å². The molecule has 2 N–H and O–H groups in total. The number of hydrogen-bond acceptors (Lipinski definition) is 4. The fourth-order valence-corrected chi connectivity index (χ4v) is 1.89. The fraction of sp³-hybridized carbons (Fsp3) is 0.667. The molecule has 0 amide bonds. The summed E-state index contributed by atoms with van der Waals surface area (Å²) in [6.45, 7) is 0.423. The van der Waals surface area contributed by atoms with Gasteiger partial charge in [0.2, 0.25) is 0 Å². The average Bonchev–Trinajstić information content (AvgIpc) is 2.74. The van der Waals surface area contributed by atoms with Gasteiger partial charge in [-0.05, 0) is 25.3 Å². The van der Waals surface area contributed by atoms with E-state index in [1.54, 1.807) is 0 Å². The van der Waals surface area contributed by atoms with Crippen LogP contribution in [0.25, 0.3) is 0 Å². The molecule has 0 saturated carbocycles.